The molecule has 0 bridgehead atoms. The third kappa shape index (κ3) is 7.48. The number of aliphatic hydroxyl groups is 1. The zero-order valence-electron chi connectivity index (χ0n) is 10.5. The fourth-order valence-corrected chi connectivity index (χ4v) is 1.35. The minimum atomic E-state index is -0.628. The van der Waals surface area contributed by atoms with Crippen LogP contribution in [0.5, 0.6) is 0 Å². The maximum Gasteiger partial charge on any atom is 0.317 e. The van der Waals surface area contributed by atoms with E-state index in [9.17, 15) is 9.90 Å². The Morgan fingerprint density at radius 1 is 1.50 bits per heavy atom. The van der Waals surface area contributed by atoms with Gasteiger partial charge in [-0.3, -0.25) is 0 Å². The van der Waals surface area contributed by atoms with Gasteiger partial charge in [-0.15, -0.1) is 0 Å². The second-order valence-corrected chi connectivity index (χ2v) is 3.93. The molecule has 16 heavy (non-hydrogen) atoms. The minimum absolute atomic E-state index is 0.147. The van der Waals surface area contributed by atoms with Crippen LogP contribution in [0.4, 0.5) is 4.79 Å². The lowest BCUT2D eigenvalue weighted by Gasteiger charge is -2.20. The van der Waals surface area contributed by atoms with Crippen molar-refractivity contribution in [1.29, 1.82) is 0 Å². The van der Waals surface area contributed by atoms with E-state index in [-0.39, 0.29) is 19.2 Å². The summed E-state index contributed by atoms with van der Waals surface area (Å²) in [6, 6.07) is -0.147. The first-order valence-electron chi connectivity index (χ1n) is 5.77. The van der Waals surface area contributed by atoms with Crippen LogP contribution in [-0.2, 0) is 4.74 Å². The second-order valence-electron chi connectivity index (χ2n) is 3.93. The number of amides is 2. The summed E-state index contributed by atoms with van der Waals surface area (Å²) in [5, 5.41) is 12.2. The molecule has 1 atom stereocenters. The fraction of sp³-hybridized carbons (Fsp3) is 0.909. The van der Waals surface area contributed by atoms with Crippen molar-refractivity contribution in [3.63, 3.8) is 0 Å². The molecule has 0 unspecified atom stereocenters. The van der Waals surface area contributed by atoms with Gasteiger partial charge < -0.3 is 20.1 Å². The highest BCUT2D eigenvalue weighted by atomic mass is 16.5. The zero-order valence-corrected chi connectivity index (χ0v) is 10.5. The molecule has 0 aliphatic carbocycles. The van der Waals surface area contributed by atoms with Gasteiger partial charge in [-0.1, -0.05) is 19.8 Å². The summed E-state index contributed by atoms with van der Waals surface area (Å²) < 4.78 is 4.79. The molecule has 0 radical (unpaired) electrons. The molecular formula is C11H24N2O3. The molecule has 0 aromatic carbocycles. The maximum absolute atomic E-state index is 11.5. The van der Waals surface area contributed by atoms with Crippen molar-refractivity contribution in [1.82, 2.24) is 10.2 Å². The lowest BCUT2D eigenvalue weighted by atomic mass is 10.2. The van der Waals surface area contributed by atoms with Crippen molar-refractivity contribution in [2.75, 3.05) is 33.9 Å². The first-order valence-corrected chi connectivity index (χ1v) is 5.77. The van der Waals surface area contributed by atoms with Crippen LogP contribution in [0.15, 0.2) is 0 Å². The molecular weight excluding hydrogens is 208 g/mol. The molecule has 0 aromatic heterocycles. The normalized spacial score (nSPS) is 12.2. The van der Waals surface area contributed by atoms with Crippen LogP contribution in [-0.4, -0.2) is 56.0 Å². The van der Waals surface area contributed by atoms with E-state index in [4.69, 9.17) is 4.74 Å². The molecule has 2 N–H and O–H groups in total. The van der Waals surface area contributed by atoms with Crippen LogP contribution >= 0.6 is 0 Å². The SMILES string of the molecule is CCCCCNC(=O)N(C)C[C@@H](O)COC. The molecule has 0 spiro atoms. The van der Waals surface area contributed by atoms with Gasteiger partial charge in [-0.25, -0.2) is 4.79 Å². The Bertz CT molecular complexity index is 188. The number of ether oxygens (including phenoxy) is 1. The average molecular weight is 232 g/mol. The van der Waals surface area contributed by atoms with Crippen molar-refractivity contribution < 1.29 is 14.6 Å². The third-order valence-corrected chi connectivity index (χ3v) is 2.25. The lowest BCUT2D eigenvalue weighted by molar-refractivity contribution is 0.0490. The van der Waals surface area contributed by atoms with Crippen molar-refractivity contribution in [3.05, 3.63) is 0 Å². The predicted molar refractivity (Wildman–Crippen MR) is 63.4 cm³/mol. The number of carbonyl (C=O) groups excluding carboxylic acids is 1. The van der Waals surface area contributed by atoms with E-state index >= 15 is 0 Å². The highest BCUT2D eigenvalue weighted by Crippen LogP contribution is 1.94. The number of urea groups is 1. The van der Waals surface area contributed by atoms with Crippen LogP contribution in [0.25, 0.3) is 0 Å². The summed E-state index contributed by atoms with van der Waals surface area (Å²) >= 11 is 0. The van der Waals surface area contributed by atoms with E-state index in [1.807, 2.05) is 0 Å². The number of likely N-dealkylation sites (N-methyl/N-ethyl adjacent to an activating group) is 1. The molecule has 0 rings (SSSR count). The summed E-state index contributed by atoms with van der Waals surface area (Å²) in [7, 11) is 3.18. The van der Waals surface area contributed by atoms with Crippen LogP contribution in [0.1, 0.15) is 26.2 Å². The predicted octanol–water partition coefficient (Wildman–Crippen LogP) is 0.825. The molecule has 0 aliphatic rings. The lowest BCUT2D eigenvalue weighted by Crippen LogP contribution is -2.42. The fourth-order valence-electron chi connectivity index (χ4n) is 1.35. The van der Waals surface area contributed by atoms with Gasteiger partial charge in [0.15, 0.2) is 0 Å². The molecule has 0 saturated heterocycles. The first kappa shape index (κ1) is 15.2. The van der Waals surface area contributed by atoms with Crippen molar-refractivity contribution in [3.8, 4) is 0 Å². The number of hydrogen-bond acceptors (Lipinski definition) is 3. The van der Waals surface area contributed by atoms with Crippen molar-refractivity contribution in [2.24, 2.45) is 0 Å². The average Bonchev–Trinajstić information content (AvgIpc) is 2.24. The Hall–Kier alpha value is -0.810. The van der Waals surface area contributed by atoms with E-state index < -0.39 is 6.10 Å². The Balaban J connectivity index is 3.64. The molecule has 0 fully saturated rings. The highest BCUT2D eigenvalue weighted by molar-refractivity contribution is 5.73. The number of hydrogen-bond donors (Lipinski definition) is 2. The van der Waals surface area contributed by atoms with Gasteiger partial charge in [0.25, 0.3) is 0 Å². The molecule has 96 valence electrons. The first-order chi connectivity index (χ1) is 7.61. The monoisotopic (exact) mass is 232 g/mol. The Labute approximate surface area is 97.8 Å². The molecule has 0 heterocycles. The minimum Gasteiger partial charge on any atom is -0.389 e. The van der Waals surface area contributed by atoms with Crippen LogP contribution in [0.2, 0.25) is 0 Å². The number of aliphatic hydroxyl groups excluding tert-OH is 1. The number of nitrogens with one attached hydrogen (secondary N) is 1. The Morgan fingerprint density at radius 3 is 2.75 bits per heavy atom. The standard InChI is InChI=1S/C11H24N2O3/c1-4-5-6-7-12-11(15)13(2)8-10(14)9-16-3/h10,14H,4-9H2,1-3H3,(H,12,15)/t10-/m1/s1. The van der Waals surface area contributed by atoms with Gasteiger partial charge in [-0.2, -0.15) is 0 Å². The van der Waals surface area contributed by atoms with Crippen LogP contribution in [0.3, 0.4) is 0 Å². The van der Waals surface area contributed by atoms with Gasteiger partial charge in [0.2, 0.25) is 0 Å². The maximum atomic E-state index is 11.5. The van der Waals surface area contributed by atoms with E-state index in [2.05, 4.69) is 12.2 Å². The zero-order chi connectivity index (χ0) is 12.4. The van der Waals surface area contributed by atoms with Crippen LogP contribution < -0.4 is 5.32 Å². The van der Waals surface area contributed by atoms with E-state index in [0.29, 0.717) is 6.54 Å². The Morgan fingerprint density at radius 2 is 2.19 bits per heavy atom. The third-order valence-electron chi connectivity index (χ3n) is 2.25. The Kier molecular flexibility index (Phi) is 8.94. The van der Waals surface area contributed by atoms with Gasteiger partial charge in [0.05, 0.1) is 19.3 Å². The molecule has 0 saturated carbocycles. The van der Waals surface area contributed by atoms with Gasteiger partial charge in [-0.05, 0) is 6.42 Å². The molecule has 0 aliphatic heterocycles. The molecule has 0 aromatic rings. The summed E-state index contributed by atoms with van der Waals surface area (Å²) in [5.74, 6) is 0. The second kappa shape index (κ2) is 9.42. The summed E-state index contributed by atoms with van der Waals surface area (Å²) in [6.07, 6.45) is 2.63. The quantitative estimate of drug-likeness (QED) is 0.609. The summed E-state index contributed by atoms with van der Waals surface area (Å²) in [5.41, 5.74) is 0. The topological polar surface area (TPSA) is 61.8 Å². The smallest absolute Gasteiger partial charge is 0.317 e. The van der Waals surface area contributed by atoms with Crippen LogP contribution in [0, 0.1) is 0 Å². The van der Waals surface area contributed by atoms with E-state index in [1.165, 1.54) is 12.0 Å². The van der Waals surface area contributed by atoms with Gasteiger partial charge in [0.1, 0.15) is 0 Å². The van der Waals surface area contributed by atoms with Crippen molar-refractivity contribution in [2.45, 2.75) is 32.3 Å². The largest absolute Gasteiger partial charge is 0.389 e. The van der Waals surface area contributed by atoms with E-state index in [1.54, 1.807) is 7.05 Å². The molecule has 5 nitrogen and oxygen atoms in total. The number of unbranched alkanes of at least 4 members (excludes halogenated alkanes) is 2. The molecule has 5 heteroatoms. The number of rotatable bonds is 8. The van der Waals surface area contributed by atoms with E-state index in [0.717, 1.165) is 19.3 Å². The summed E-state index contributed by atoms with van der Waals surface area (Å²) in [4.78, 5) is 13.0. The number of nitrogens with zero attached hydrogens (tertiary/aromatic N) is 1. The highest BCUT2D eigenvalue weighted by Gasteiger charge is 2.12. The number of methoxy groups -OCH3 is 1. The summed E-state index contributed by atoms with van der Waals surface area (Å²) in [6.45, 7) is 3.34. The van der Waals surface area contributed by atoms with Gasteiger partial charge >= 0.3 is 6.03 Å². The van der Waals surface area contributed by atoms with Gasteiger partial charge in [0, 0.05) is 20.7 Å². The number of carbonyl (C=O) groups is 1. The van der Waals surface area contributed by atoms with Crippen molar-refractivity contribution >= 4 is 6.03 Å². The molecule has 2 amide bonds.